The van der Waals surface area contributed by atoms with Crippen molar-refractivity contribution < 1.29 is 20.4 Å². The molecule has 0 atom stereocenters. The Bertz CT molecular complexity index is 441. The first kappa shape index (κ1) is 21.6. The molecule has 0 spiro atoms. The zero-order valence-electron chi connectivity index (χ0n) is 14.6. The van der Waals surface area contributed by atoms with Crippen molar-refractivity contribution in [2.75, 3.05) is 0 Å². The molecule has 0 N–H and O–H groups in total. The van der Waals surface area contributed by atoms with Gasteiger partial charge in [0.25, 0.3) is 0 Å². The first-order valence-electron chi connectivity index (χ1n) is 7.41. The maximum absolute atomic E-state index is 6.48. The van der Waals surface area contributed by atoms with Gasteiger partial charge in [0.05, 0.1) is 15.6 Å². The van der Waals surface area contributed by atoms with Crippen LogP contribution >= 0.6 is 18.9 Å². The molecule has 0 bridgehead atoms. The largest absolute Gasteiger partial charge is 0.304 e. The minimum Gasteiger partial charge on any atom is -0.304 e. The Morgan fingerprint density at radius 1 is 1.00 bits per heavy atom. The van der Waals surface area contributed by atoms with Crippen molar-refractivity contribution in [3.8, 4) is 0 Å². The second-order valence-electron chi connectivity index (χ2n) is 7.91. The van der Waals surface area contributed by atoms with Crippen LogP contribution in [0.25, 0.3) is 0 Å². The Morgan fingerprint density at radius 3 is 1.81 bits per heavy atom. The molecule has 0 fully saturated rings. The fourth-order valence-corrected chi connectivity index (χ4v) is 10.3. The SMILES string of the molecule is CC(C)c1cccc([P+]([CH-]Cl)(C(C)(C)C)C(C)(C)C)c1.[Pd]. The van der Waals surface area contributed by atoms with Crippen molar-refractivity contribution in [1.29, 1.82) is 0 Å². The van der Waals surface area contributed by atoms with Crippen LogP contribution in [-0.2, 0) is 20.4 Å². The second kappa shape index (κ2) is 7.45. The van der Waals surface area contributed by atoms with E-state index in [0.717, 1.165) is 0 Å². The van der Waals surface area contributed by atoms with Crippen LogP contribution in [0, 0.1) is 5.62 Å². The van der Waals surface area contributed by atoms with E-state index >= 15 is 0 Å². The molecule has 0 saturated carbocycles. The maximum atomic E-state index is 6.48. The van der Waals surface area contributed by atoms with E-state index in [9.17, 15) is 0 Å². The average Bonchev–Trinajstić information content (AvgIpc) is 2.27. The average molecular weight is 419 g/mol. The molecule has 1 rings (SSSR count). The maximum Gasteiger partial charge on any atom is 0.0672 e. The molecule has 0 amide bonds. The Kier molecular flexibility index (Phi) is 7.66. The van der Waals surface area contributed by atoms with Crippen LogP contribution in [0.2, 0.25) is 0 Å². The van der Waals surface area contributed by atoms with E-state index < -0.39 is 7.26 Å². The summed E-state index contributed by atoms with van der Waals surface area (Å²) in [6.45, 7) is 18.5. The van der Waals surface area contributed by atoms with E-state index in [1.165, 1.54) is 10.9 Å². The molecule has 124 valence electrons. The minimum atomic E-state index is -1.62. The summed E-state index contributed by atoms with van der Waals surface area (Å²) in [5, 5.41) is 1.74. The van der Waals surface area contributed by atoms with Crippen LogP contribution in [0.5, 0.6) is 0 Å². The Morgan fingerprint density at radius 2 is 1.48 bits per heavy atom. The van der Waals surface area contributed by atoms with Gasteiger partial charge in [-0.15, -0.1) is 0 Å². The topological polar surface area (TPSA) is 0 Å². The second-order valence-corrected chi connectivity index (χ2v) is 13.3. The number of hydrogen-bond donors (Lipinski definition) is 0. The van der Waals surface area contributed by atoms with E-state index in [4.69, 9.17) is 11.6 Å². The monoisotopic (exact) mass is 418 g/mol. The van der Waals surface area contributed by atoms with Gasteiger partial charge >= 0.3 is 0 Å². The summed E-state index contributed by atoms with van der Waals surface area (Å²) >= 11 is 6.48. The third-order valence-electron chi connectivity index (χ3n) is 4.21. The number of benzene rings is 1. The zero-order valence-corrected chi connectivity index (χ0v) is 17.8. The van der Waals surface area contributed by atoms with Gasteiger partial charge in [-0.2, -0.15) is 0 Å². The normalized spacial score (nSPS) is 13.2. The van der Waals surface area contributed by atoms with Crippen molar-refractivity contribution in [2.24, 2.45) is 0 Å². The first-order chi connectivity index (χ1) is 8.97. The minimum absolute atomic E-state index is 0. The summed E-state index contributed by atoms with van der Waals surface area (Å²) in [7, 11) is -1.62. The van der Waals surface area contributed by atoms with Gasteiger partial charge in [-0.1, -0.05) is 38.9 Å². The molecular formula is C18H30ClPPd. The molecule has 3 heteroatoms. The summed E-state index contributed by atoms with van der Waals surface area (Å²) in [5.41, 5.74) is 3.41. The quantitative estimate of drug-likeness (QED) is 0.302. The van der Waals surface area contributed by atoms with Crippen LogP contribution < -0.4 is 5.30 Å². The van der Waals surface area contributed by atoms with E-state index in [2.05, 4.69) is 79.7 Å². The molecule has 21 heavy (non-hydrogen) atoms. The van der Waals surface area contributed by atoms with Gasteiger partial charge in [-0.3, -0.25) is 0 Å². The van der Waals surface area contributed by atoms with Gasteiger partial charge in [0.1, 0.15) is 0 Å². The first-order valence-corrected chi connectivity index (χ1v) is 9.71. The van der Waals surface area contributed by atoms with Gasteiger partial charge in [0, 0.05) is 20.4 Å². The summed E-state index contributed by atoms with van der Waals surface area (Å²) in [5.74, 6) is 0.548. The summed E-state index contributed by atoms with van der Waals surface area (Å²) in [6, 6.07) is 9.07. The van der Waals surface area contributed by atoms with E-state index in [0.29, 0.717) is 5.92 Å². The van der Waals surface area contributed by atoms with Crippen molar-refractivity contribution in [3.63, 3.8) is 0 Å². The van der Waals surface area contributed by atoms with Crippen LogP contribution in [0.15, 0.2) is 24.3 Å². The Hall–Kier alpha value is 0.602. The molecule has 1 aromatic carbocycles. The molecule has 0 aliphatic rings. The fraction of sp³-hybridized carbons (Fsp3) is 0.611. The van der Waals surface area contributed by atoms with Crippen molar-refractivity contribution in [1.82, 2.24) is 0 Å². The van der Waals surface area contributed by atoms with Crippen LogP contribution in [0.1, 0.15) is 66.9 Å². The Labute approximate surface area is 151 Å². The zero-order chi connectivity index (χ0) is 15.8. The third kappa shape index (κ3) is 4.12. The van der Waals surface area contributed by atoms with E-state index in [-0.39, 0.29) is 30.7 Å². The molecule has 0 heterocycles. The molecular weight excluding hydrogens is 389 g/mol. The Balaban J connectivity index is 0.00000400. The number of rotatable bonds is 3. The molecule has 0 aliphatic carbocycles. The number of hydrogen-bond acceptors (Lipinski definition) is 0. The molecule has 0 aliphatic heterocycles. The summed E-state index contributed by atoms with van der Waals surface area (Å²) in [6.07, 6.45) is 0. The van der Waals surface area contributed by atoms with Gasteiger partial charge < -0.3 is 11.6 Å². The number of halogens is 1. The van der Waals surface area contributed by atoms with E-state index in [1.54, 1.807) is 0 Å². The van der Waals surface area contributed by atoms with Gasteiger partial charge in [0.15, 0.2) is 0 Å². The third-order valence-corrected chi connectivity index (χ3v) is 10.7. The van der Waals surface area contributed by atoms with Gasteiger partial charge in [-0.05, 0) is 65.2 Å². The molecule has 1 aromatic rings. The van der Waals surface area contributed by atoms with Crippen molar-refractivity contribution in [2.45, 2.75) is 71.6 Å². The molecule has 0 unspecified atom stereocenters. The van der Waals surface area contributed by atoms with Gasteiger partial charge in [0.2, 0.25) is 0 Å². The van der Waals surface area contributed by atoms with E-state index in [1.807, 2.05) is 5.62 Å². The molecule has 0 radical (unpaired) electrons. The summed E-state index contributed by atoms with van der Waals surface area (Å²) in [4.78, 5) is 0. The van der Waals surface area contributed by atoms with Crippen LogP contribution in [-0.4, -0.2) is 10.3 Å². The summed E-state index contributed by atoms with van der Waals surface area (Å²) < 4.78 is 0. The van der Waals surface area contributed by atoms with Gasteiger partial charge in [-0.25, -0.2) is 0 Å². The standard InChI is InChI=1S/C18H30ClP.Pd/c1-14(2)15-10-9-11-16(12-15)20(13-19,17(3,4)5)18(6,7)8;/h9-14H,1-8H3;. The molecule has 0 saturated heterocycles. The fourth-order valence-electron chi connectivity index (χ4n) is 3.23. The smallest absolute Gasteiger partial charge is 0.0672 e. The molecule has 0 aromatic heterocycles. The van der Waals surface area contributed by atoms with Crippen molar-refractivity contribution in [3.05, 3.63) is 35.5 Å². The predicted molar refractivity (Wildman–Crippen MR) is 96.7 cm³/mol. The van der Waals surface area contributed by atoms with Crippen molar-refractivity contribution >= 4 is 24.2 Å². The van der Waals surface area contributed by atoms with Crippen LogP contribution in [0.3, 0.4) is 0 Å². The molecule has 0 nitrogen and oxygen atoms in total. The van der Waals surface area contributed by atoms with Crippen LogP contribution in [0.4, 0.5) is 0 Å². The predicted octanol–water partition coefficient (Wildman–Crippen LogP) is 6.41.